The number of rotatable bonds is 6. The first-order chi connectivity index (χ1) is 17.4. The summed E-state index contributed by atoms with van der Waals surface area (Å²) in [7, 11) is 1.51. The standard InChI is InChI=1S/C27H21ClN2O5S/c1-3-35-17-12-13-19-21(14-17)36-27(29-19)30-23(18-6-4-5-7-20(18)34-2)22(25(32)26(30)33)24(31)15-8-10-16(28)11-9-15/h4-14,23,31H,3H2,1-2H3/b24-22+/t23-/m1/s1. The maximum Gasteiger partial charge on any atom is 0.301 e. The lowest BCUT2D eigenvalue weighted by Crippen LogP contribution is -2.29. The maximum atomic E-state index is 13.4. The second-order valence-corrected chi connectivity index (χ2v) is 9.42. The molecule has 1 fully saturated rings. The number of ketones is 1. The second-order valence-electron chi connectivity index (χ2n) is 7.98. The molecule has 0 unspecified atom stereocenters. The second kappa shape index (κ2) is 9.64. The molecule has 1 N–H and O–H groups in total. The predicted octanol–water partition coefficient (Wildman–Crippen LogP) is 5.98. The van der Waals surface area contributed by atoms with E-state index in [0.717, 1.165) is 4.70 Å². The van der Waals surface area contributed by atoms with E-state index in [2.05, 4.69) is 4.98 Å². The number of aliphatic hydroxyl groups excluding tert-OH is 1. The highest BCUT2D eigenvalue weighted by molar-refractivity contribution is 7.22. The van der Waals surface area contributed by atoms with Crippen molar-refractivity contribution in [2.45, 2.75) is 13.0 Å². The number of anilines is 1. The molecule has 1 aliphatic rings. The molecule has 5 rings (SSSR count). The first kappa shape index (κ1) is 23.8. The van der Waals surface area contributed by atoms with E-state index in [1.165, 1.54) is 23.3 Å². The third-order valence-corrected chi connectivity index (χ3v) is 7.13. The highest BCUT2D eigenvalue weighted by Crippen LogP contribution is 2.46. The number of aromatic nitrogens is 1. The van der Waals surface area contributed by atoms with Gasteiger partial charge >= 0.3 is 5.91 Å². The molecule has 0 radical (unpaired) electrons. The van der Waals surface area contributed by atoms with Crippen LogP contribution in [-0.4, -0.2) is 35.5 Å². The quantitative estimate of drug-likeness (QED) is 0.191. The van der Waals surface area contributed by atoms with Gasteiger partial charge in [-0.1, -0.05) is 41.1 Å². The Bertz CT molecular complexity index is 1510. The van der Waals surface area contributed by atoms with Gasteiger partial charge in [-0.05, 0) is 55.5 Å². The van der Waals surface area contributed by atoms with Crippen molar-refractivity contribution in [1.29, 1.82) is 0 Å². The minimum absolute atomic E-state index is 0.0546. The Balaban J connectivity index is 1.72. The van der Waals surface area contributed by atoms with Gasteiger partial charge in [-0.2, -0.15) is 0 Å². The predicted molar refractivity (Wildman–Crippen MR) is 140 cm³/mol. The van der Waals surface area contributed by atoms with E-state index in [1.54, 1.807) is 48.5 Å². The molecular weight excluding hydrogens is 500 g/mol. The number of hydrogen-bond donors (Lipinski definition) is 1. The van der Waals surface area contributed by atoms with Gasteiger partial charge in [0.25, 0.3) is 5.78 Å². The molecule has 1 aromatic heterocycles. The van der Waals surface area contributed by atoms with Crippen LogP contribution in [0, 0.1) is 0 Å². The topological polar surface area (TPSA) is 89.0 Å². The van der Waals surface area contributed by atoms with Crippen molar-refractivity contribution < 1.29 is 24.2 Å². The van der Waals surface area contributed by atoms with Gasteiger partial charge in [0.1, 0.15) is 23.3 Å². The van der Waals surface area contributed by atoms with Crippen LogP contribution in [-0.2, 0) is 9.59 Å². The molecule has 9 heteroatoms. The number of hydrogen-bond acceptors (Lipinski definition) is 7. The van der Waals surface area contributed by atoms with Crippen molar-refractivity contribution in [3.05, 3.63) is 88.5 Å². The van der Waals surface area contributed by atoms with Crippen LogP contribution in [0.4, 0.5) is 5.13 Å². The number of fused-ring (bicyclic) bond motifs is 1. The number of carbonyl (C=O) groups is 2. The number of Topliss-reactive ketones (excluding diaryl/α,β-unsaturated/α-hetero) is 1. The normalized spacial score (nSPS) is 17.1. The van der Waals surface area contributed by atoms with Crippen molar-refractivity contribution in [2.75, 3.05) is 18.6 Å². The summed E-state index contributed by atoms with van der Waals surface area (Å²) in [5.41, 5.74) is 1.52. The Labute approximate surface area is 216 Å². The average Bonchev–Trinajstić information content (AvgIpc) is 3.42. The number of halogens is 1. The third kappa shape index (κ3) is 4.08. The number of ether oxygens (including phenoxy) is 2. The fraction of sp³-hybridized carbons (Fsp3) is 0.148. The molecule has 1 aliphatic heterocycles. The smallest absolute Gasteiger partial charge is 0.301 e. The third-order valence-electron chi connectivity index (χ3n) is 5.86. The van der Waals surface area contributed by atoms with Crippen LogP contribution in [0.2, 0.25) is 5.02 Å². The molecule has 1 amide bonds. The zero-order valence-electron chi connectivity index (χ0n) is 19.4. The van der Waals surface area contributed by atoms with Crippen molar-refractivity contribution >= 4 is 55.7 Å². The van der Waals surface area contributed by atoms with Crippen molar-refractivity contribution in [2.24, 2.45) is 0 Å². The molecular formula is C27H21ClN2O5S. The lowest BCUT2D eigenvalue weighted by Gasteiger charge is -2.24. The number of nitrogens with zero attached hydrogens (tertiary/aromatic N) is 2. The highest BCUT2D eigenvalue weighted by Gasteiger charge is 2.49. The summed E-state index contributed by atoms with van der Waals surface area (Å²) < 4.78 is 12.0. The molecule has 0 saturated carbocycles. The lowest BCUT2D eigenvalue weighted by atomic mass is 9.95. The van der Waals surface area contributed by atoms with Crippen molar-refractivity contribution in [3.8, 4) is 11.5 Å². The van der Waals surface area contributed by atoms with Gasteiger partial charge in [0, 0.05) is 16.1 Å². The molecule has 0 bridgehead atoms. The minimum atomic E-state index is -0.955. The summed E-state index contributed by atoms with van der Waals surface area (Å²) in [6, 6.07) is 18.0. The molecule has 1 atom stereocenters. The summed E-state index contributed by atoms with van der Waals surface area (Å²) >= 11 is 7.27. The average molecular weight is 521 g/mol. The van der Waals surface area contributed by atoms with Crippen molar-refractivity contribution in [1.82, 2.24) is 4.98 Å². The van der Waals surface area contributed by atoms with Crippen LogP contribution in [0.15, 0.2) is 72.3 Å². The molecule has 3 aromatic carbocycles. The van der Waals surface area contributed by atoms with Crippen LogP contribution in [0.5, 0.6) is 11.5 Å². The first-order valence-electron chi connectivity index (χ1n) is 11.2. The van der Waals surface area contributed by atoms with E-state index < -0.39 is 17.7 Å². The van der Waals surface area contributed by atoms with Gasteiger partial charge in [-0.25, -0.2) is 4.98 Å². The van der Waals surface area contributed by atoms with Gasteiger partial charge in [0.05, 0.1) is 29.5 Å². The Morgan fingerprint density at radius 1 is 1.11 bits per heavy atom. The Hall–Kier alpha value is -3.88. The Kier molecular flexibility index (Phi) is 6.38. The lowest BCUT2D eigenvalue weighted by molar-refractivity contribution is -0.132. The van der Waals surface area contributed by atoms with Crippen LogP contribution < -0.4 is 14.4 Å². The minimum Gasteiger partial charge on any atom is -0.507 e. The van der Waals surface area contributed by atoms with Gasteiger partial charge in [-0.15, -0.1) is 0 Å². The zero-order valence-corrected chi connectivity index (χ0v) is 21.0. The summed E-state index contributed by atoms with van der Waals surface area (Å²) in [4.78, 5) is 32.8. The van der Waals surface area contributed by atoms with Gasteiger partial charge in [0.2, 0.25) is 0 Å². The largest absolute Gasteiger partial charge is 0.507 e. The molecule has 36 heavy (non-hydrogen) atoms. The summed E-state index contributed by atoms with van der Waals surface area (Å²) in [5.74, 6) is -0.747. The molecule has 0 aliphatic carbocycles. The number of carbonyl (C=O) groups excluding carboxylic acids is 2. The van der Waals surface area contributed by atoms with E-state index in [1.807, 2.05) is 25.1 Å². The molecule has 182 valence electrons. The van der Waals surface area contributed by atoms with Crippen LogP contribution >= 0.6 is 22.9 Å². The zero-order chi connectivity index (χ0) is 25.4. The Morgan fingerprint density at radius 3 is 2.58 bits per heavy atom. The number of amides is 1. The number of benzene rings is 3. The number of para-hydroxylation sites is 1. The SMILES string of the molecule is CCOc1ccc2nc(N3C(=O)C(=O)/C(=C(/O)c4ccc(Cl)cc4)[C@H]3c3ccccc3OC)sc2c1. The van der Waals surface area contributed by atoms with E-state index in [-0.39, 0.29) is 11.3 Å². The molecule has 2 heterocycles. The molecule has 4 aromatic rings. The van der Waals surface area contributed by atoms with E-state index >= 15 is 0 Å². The van der Waals surface area contributed by atoms with Crippen LogP contribution in [0.25, 0.3) is 16.0 Å². The fourth-order valence-electron chi connectivity index (χ4n) is 4.23. The van der Waals surface area contributed by atoms with Gasteiger partial charge < -0.3 is 14.6 Å². The van der Waals surface area contributed by atoms with E-state index in [4.69, 9.17) is 21.1 Å². The number of thiazole rings is 1. The van der Waals surface area contributed by atoms with Gasteiger partial charge in [0.15, 0.2) is 5.13 Å². The number of methoxy groups -OCH3 is 1. The van der Waals surface area contributed by atoms with Crippen molar-refractivity contribution in [3.63, 3.8) is 0 Å². The Morgan fingerprint density at radius 2 is 1.86 bits per heavy atom. The number of aliphatic hydroxyl groups is 1. The summed E-state index contributed by atoms with van der Waals surface area (Å²) in [6.45, 7) is 2.42. The van der Waals surface area contributed by atoms with E-state index in [9.17, 15) is 14.7 Å². The fourth-order valence-corrected chi connectivity index (χ4v) is 5.38. The first-order valence-corrected chi connectivity index (χ1v) is 12.4. The monoisotopic (exact) mass is 520 g/mol. The molecule has 1 saturated heterocycles. The van der Waals surface area contributed by atoms with E-state index in [0.29, 0.717) is 44.9 Å². The summed E-state index contributed by atoms with van der Waals surface area (Å²) in [6.07, 6.45) is 0. The van der Waals surface area contributed by atoms with Crippen LogP contribution in [0.3, 0.4) is 0 Å². The van der Waals surface area contributed by atoms with Crippen LogP contribution in [0.1, 0.15) is 24.1 Å². The van der Waals surface area contributed by atoms with Gasteiger partial charge in [-0.3, -0.25) is 14.5 Å². The highest BCUT2D eigenvalue weighted by atomic mass is 35.5. The summed E-state index contributed by atoms with van der Waals surface area (Å²) in [5, 5.41) is 12.1. The molecule has 7 nitrogen and oxygen atoms in total. The maximum absolute atomic E-state index is 13.4. The molecule has 0 spiro atoms.